The van der Waals surface area contributed by atoms with E-state index >= 15 is 0 Å². The van der Waals surface area contributed by atoms with Crippen LogP contribution in [0.1, 0.15) is 0 Å². The first-order valence-corrected chi connectivity index (χ1v) is 5.57. The molecule has 0 bridgehead atoms. The van der Waals surface area contributed by atoms with E-state index in [9.17, 15) is 0 Å². The van der Waals surface area contributed by atoms with Crippen molar-refractivity contribution < 1.29 is 39.5 Å². The van der Waals surface area contributed by atoms with Crippen LogP contribution in [-0.2, 0) is 4.79 Å². The third kappa shape index (κ3) is 8.37. The fourth-order valence-electron chi connectivity index (χ4n) is 1.10. The number of carbonyl (C=O) groups excluding carboxylic acids is 1. The summed E-state index contributed by atoms with van der Waals surface area (Å²) in [5.41, 5.74) is 1.74. The molecule has 0 heterocycles. The van der Waals surface area contributed by atoms with Crippen LogP contribution in [0.2, 0.25) is 0 Å². The second-order valence-electron chi connectivity index (χ2n) is 3.39. The van der Waals surface area contributed by atoms with E-state index in [1.54, 1.807) is 0 Å². The molecule has 0 aliphatic rings. The number of azo groups is 1. The second kappa shape index (κ2) is 11.1. The smallest absolute Gasteiger partial charge is 0.545 e. The summed E-state index contributed by atoms with van der Waals surface area (Å²) in [6, 6.07) is 19.4. The van der Waals surface area contributed by atoms with E-state index in [0.29, 0.717) is 0 Å². The topological polar surface area (TPSA) is 64.8 Å². The largest absolute Gasteiger partial charge is 1.00 e. The predicted molar refractivity (Wildman–Crippen MR) is 72.3 cm³/mol. The van der Waals surface area contributed by atoms with Crippen LogP contribution in [0.5, 0.6) is 0 Å². The van der Waals surface area contributed by atoms with Crippen LogP contribution in [0.25, 0.3) is 0 Å². The van der Waals surface area contributed by atoms with E-state index in [0.717, 1.165) is 17.5 Å². The summed E-state index contributed by atoms with van der Waals surface area (Å²) in [5.74, 6) is -1.23. The van der Waals surface area contributed by atoms with E-state index in [2.05, 4.69) is 16.8 Å². The molecule has 5 heteroatoms. The molecule has 0 radical (unpaired) electrons. The predicted octanol–water partition coefficient (Wildman–Crippen LogP) is 0.0283. The standard InChI is InChI=1S/C12H10N2.C3H4O2.Na/c1-3-7-11(8-4-1)13-14-12-9-5-2-6-10-12;1-2-3(4)5;/h1-10H;2H,1H2,(H,4,5);/q;;+1/p-1. The molecule has 2 rings (SSSR count). The number of rotatable bonds is 3. The van der Waals surface area contributed by atoms with Gasteiger partial charge in [-0.1, -0.05) is 43.0 Å². The average molecular weight is 276 g/mol. The van der Waals surface area contributed by atoms with Gasteiger partial charge in [-0.3, -0.25) is 0 Å². The summed E-state index contributed by atoms with van der Waals surface area (Å²) in [4.78, 5) is 9.14. The molecule has 0 atom stereocenters. The van der Waals surface area contributed by atoms with Crippen molar-refractivity contribution in [3.8, 4) is 0 Å². The first-order chi connectivity index (χ1) is 9.22. The minimum absolute atomic E-state index is 0. The zero-order valence-corrected chi connectivity index (χ0v) is 13.3. The fraction of sp³-hybridized carbons (Fsp3) is 0. The fourth-order valence-corrected chi connectivity index (χ4v) is 1.10. The van der Waals surface area contributed by atoms with Crippen molar-refractivity contribution in [3.63, 3.8) is 0 Å². The molecule has 96 valence electrons. The Bertz CT molecular complexity index is 501. The van der Waals surface area contributed by atoms with Gasteiger partial charge < -0.3 is 9.90 Å². The maximum absolute atomic E-state index is 9.14. The summed E-state index contributed by atoms with van der Waals surface area (Å²) >= 11 is 0. The molecule has 2 aromatic rings. The van der Waals surface area contributed by atoms with Crippen LogP contribution in [0.4, 0.5) is 11.4 Å². The minimum atomic E-state index is -1.23. The van der Waals surface area contributed by atoms with Crippen LogP contribution >= 0.6 is 0 Å². The quantitative estimate of drug-likeness (QED) is 0.451. The van der Waals surface area contributed by atoms with Gasteiger partial charge in [0.1, 0.15) is 0 Å². The molecule has 0 aliphatic carbocycles. The van der Waals surface area contributed by atoms with Crippen molar-refractivity contribution in [1.29, 1.82) is 0 Å². The van der Waals surface area contributed by atoms with Gasteiger partial charge >= 0.3 is 29.6 Å². The number of aliphatic carboxylic acids is 1. The number of hydrogen-bond donors (Lipinski definition) is 0. The van der Waals surface area contributed by atoms with Crippen molar-refractivity contribution in [1.82, 2.24) is 0 Å². The molecule has 20 heavy (non-hydrogen) atoms. The van der Waals surface area contributed by atoms with Crippen LogP contribution in [0, 0.1) is 0 Å². The van der Waals surface area contributed by atoms with Gasteiger partial charge in [0.25, 0.3) is 0 Å². The van der Waals surface area contributed by atoms with Crippen molar-refractivity contribution >= 4 is 17.3 Å². The molecule has 4 nitrogen and oxygen atoms in total. The first-order valence-electron chi connectivity index (χ1n) is 5.57. The first kappa shape index (κ1) is 18.2. The Morgan fingerprint density at radius 2 is 1.20 bits per heavy atom. The molecule has 0 fully saturated rings. The van der Waals surface area contributed by atoms with E-state index < -0.39 is 5.97 Å². The Labute approximate surface area is 140 Å². The Balaban J connectivity index is 0.000000526. The third-order valence-corrected chi connectivity index (χ3v) is 1.96. The van der Waals surface area contributed by atoms with Crippen LogP contribution < -0.4 is 34.7 Å². The van der Waals surface area contributed by atoms with Gasteiger partial charge in [-0.05, 0) is 30.3 Å². The van der Waals surface area contributed by atoms with Crippen molar-refractivity contribution in [2.75, 3.05) is 0 Å². The monoisotopic (exact) mass is 276 g/mol. The zero-order chi connectivity index (χ0) is 13.9. The molecule has 0 aliphatic heterocycles. The molecule has 0 saturated carbocycles. The molecule has 0 amide bonds. The Hall–Kier alpha value is -1.75. The number of nitrogens with zero attached hydrogens (tertiary/aromatic N) is 2. The molecule has 0 unspecified atom stereocenters. The van der Waals surface area contributed by atoms with Gasteiger partial charge in [-0.2, -0.15) is 10.2 Å². The molecular weight excluding hydrogens is 263 g/mol. The molecule has 0 saturated heterocycles. The Morgan fingerprint density at radius 1 is 0.900 bits per heavy atom. The minimum Gasteiger partial charge on any atom is -0.545 e. The third-order valence-electron chi connectivity index (χ3n) is 1.96. The zero-order valence-electron chi connectivity index (χ0n) is 11.3. The normalized spacial score (nSPS) is 9.00. The molecule has 0 aromatic heterocycles. The van der Waals surface area contributed by atoms with E-state index in [1.165, 1.54) is 0 Å². The van der Waals surface area contributed by atoms with Crippen LogP contribution in [0.15, 0.2) is 83.5 Å². The number of carboxylic acid groups (broad SMARTS) is 1. The van der Waals surface area contributed by atoms with Crippen molar-refractivity contribution in [3.05, 3.63) is 73.3 Å². The number of carbonyl (C=O) groups is 1. The summed E-state index contributed by atoms with van der Waals surface area (Å²) in [7, 11) is 0. The van der Waals surface area contributed by atoms with Crippen LogP contribution in [0.3, 0.4) is 0 Å². The summed E-state index contributed by atoms with van der Waals surface area (Å²) in [6.45, 7) is 2.90. The summed E-state index contributed by atoms with van der Waals surface area (Å²) in [6.07, 6.45) is 0.722. The average Bonchev–Trinajstić information content (AvgIpc) is 2.48. The van der Waals surface area contributed by atoms with Gasteiger partial charge in [0.2, 0.25) is 0 Å². The second-order valence-corrected chi connectivity index (χ2v) is 3.39. The van der Waals surface area contributed by atoms with Crippen molar-refractivity contribution in [2.24, 2.45) is 10.2 Å². The van der Waals surface area contributed by atoms with Gasteiger partial charge in [-0.25, -0.2) is 0 Å². The van der Waals surface area contributed by atoms with Gasteiger partial charge in [0.15, 0.2) is 0 Å². The van der Waals surface area contributed by atoms with Gasteiger partial charge in [-0.15, -0.1) is 0 Å². The Morgan fingerprint density at radius 3 is 1.45 bits per heavy atom. The molecular formula is C15H13N2NaO2. The summed E-state index contributed by atoms with van der Waals surface area (Å²) < 4.78 is 0. The SMILES string of the molecule is C=CC(=O)[O-].[Na+].c1ccc(N=Nc2ccccc2)cc1. The van der Waals surface area contributed by atoms with Gasteiger partial charge in [0.05, 0.1) is 17.3 Å². The maximum Gasteiger partial charge on any atom is 1.00 e. The van der Waals surface area contributed by atoms with Crippen LogP contribution in [-0.4, -0.2) is 5.97 Å². The number of hydrogen-bond acceptors (Lipinski definition) is 4. The van der Waals surface area contributed by atoms with E-state index in [4.69, 9.17) is 9.90 Å². The van der Waals surface area contributed by atoms with E-state index in [-0.39, 0.29) is 29.6 Å². The number of benzene rings is 2. The number of carboxylic acids is 1. The van der Waals surface area contributed by atoms with Crippen molar-refractivity contribution in [2.45, 2.75) is 0 Å². The molecule has 2 aromatic carbocycles. The van der Waals surface area contributed by atoms with Gasteiger partial charge in [0, 0.05) is 0 Å². The van der Waals surface area contributed by atoms with E-state index in [1.807, 2.05) is 60.7 Å². The molecule has 0 N–H and O–H groups in total. The summed E-state index contributed by atoms with van der Waals surface area (Å²) in [5, 5.41) is 17.3. The molecule has 0 spiro atoms. The Kier molecular flexibility index (Phi) is 10.1. The maximum atomic E-state index is 9.14.